The highest BCUT2D eigenvalue weighted by Gasteiger charge is 2.40. The average Bonchev–Trinajstić information content (AvgIpc) is 3.23. The van der Waals surface area contributed by atoms with Crippen LogP contribution in [0.2, 0.25) is 0 Å². The Kier molecular flexibility index (Phi) is 3.16. The van der Waals surface area contributed by atoms with Gasteiger partial charge in [-0.05, 0) is 25.5 Å². The predicted molar refractivity (Wildman–Crippen MR) is 91.0 cm³/mol. The van der Waals surface area contributed by atoms with Gasteiger partial charge in [0.05, 0.1) is 5.92 Å². The third kappa shape index (κ3) is 2.01. The highest BCUT2D eigenvalue weighted by atomic mass is 16.2. The number of carbonyl (C=O) groups excluding carboxylic acids is 1. The molecule has 0 radical (unpaired) electrons. The van der Waals surface area contributed by atoms with Gasteiger partial charge in [0.25, 0.3) is 5.56 Å². The van der Waals surface area contributed by atoms with Crippen LogP contribution in [0.3, 0.4) is 0 Å². The monoisotopic (exact) mass is 323 g/mol. The number of aromatic amines is 3. The summed E-state index contributed by atoms with van der Waals surface area (Å²) >= 11 is 0. The normalized spacial score (nSPS) is 18.7. The molecule has 0 aliphatic carbocycles. The largest absolute Gasteiger partial charge is 0.361 e. The molecule has 1 aliphatic heterocycles. The van der Waals surface area contributed by atoms with E-state index in [4.69, 9.17) is 0 Å². The molecule has 0 unspecified atom stereocenters. The number of carbonyl (C=O) groups is 1. The Morgan fingerprint density at radius 3 is 2.58 bits per heavy atom. The van der Waals surface area contributed by atoms with Crippen molar-refractivity contribution in [1.82, 2.24) is 20.6 Å². The molecule has 0 saturated carbocycles. The van der Waals surface area contributed by atoms with Crippen molar-refractivity contribution in [3.8, 4) is 0 Å². The number of benzene rings is 1. The van der Waals surface area contributed by atoms with Gasteiger partial charge in [-0.25, -0.2) is 5.43 Å². The molecule has 3 heterocycles. The van der Waals surface area contributed by atoms with Crippen molar-refractivity contribution in [1.29, 1.82) is 0 Å². The molecule has 0 spiro atoms. The fraction of sp³-hybridized carbons (Fsp3) is 0.235. The first kappa shape index (κ1) is 14.5. The molecule has 4 rings (SSSR count). The second kappa shape index (κ2) is 5.23. The van der Waals surface area contributed by atoms with Gasteiger partial charge in [-0.1, -0.05) is 18.2 Å². The van der Waals surface area contributed by atoms with E-state index in [9.17, 15) is 9.59 Å². The highest BCUT2D eigenvalue weighted by Crippen LogP contribution is 2.38. The number of nitrogens with one attached hydrogen (secondary N) is 4. The molecular formula is C17H17N5O2. The van der Waals surface area contributed by atoms with Crippen LogP contribution in [0.1, 0.15) is 29.7 Å². The number of rotatable bonds is 3. The van der Waals surface area contributed by atoms with E-state index in [2.05, 4.69) is 25.7 Å². The summed E-state index contributed by atoms with van der Waals surface area (Å²) in [6.07, 6.45) is 1.88. The summed E-state index contributed by atoms with van der Waals surface area (Å²) in [4.78, 5) is 28.1. The van der Waals surface area contributed by atoms with Crippen molar-refractivity contribution in [2.24, 2.45) is 11.0 Å². The van der Waals surface area contributed by atoms with Crippen molar-refractivity contribution in [3.63, 3.8) is 0 Å². The van der Waals surface area contributed by atoms with Gasteiger partial charge < -0.3 is 10.1 Å². The zero-order chi connectivity index (χ0) is 16.8. The van der Waals surface area contributed by atoms with Crippen molar-refractivity contribution < 1.29 is 4.79 Å². The number of amides is 1. The lowest BCUT2D eigenvalue weighted by molar-refractivity contribution is -0.122. The third-order valence-corrected chi connectivity index (χ3v) is 4.69. The summed E-state index contributed by atoms with van der Waals surface area (Å²) in [5.41, 5.74) is 6.16. The van der Waals surface area contributed by atoms with Gasteiger partial charge in [0, 0.05) is 40.0 Å². The van der Waals surface area contributed by atoms with E-state index in [-0.39, 0.29) is 11.5 Å². The van der Waals surface area contributed by atoms with E-state index in [1.165, 1.54) is 0 Å². The first-order valence-electron chi connectivity index (χ1n) is 7.75. The van der Waals surface area contributed by atoms with E-state index in [1.807, 2.05) is 37.4 Å². The number of para-hydroxylation sites is 1. The van der Waals surface area contributed by atoms with Crippen LogP contribution >= 0.6 is 0 Å². The maximum absolute atomic E-state index is 12.4. The quantitative estimate of drug-likeness (QED) is 0.589. The van der Waals surface area contributed by atoms with E-state index >= 15 is 0 Å². The SMILES string of the molecule is CC1=NNC(=O)[C@H]1[C@@H](c1c(C)[nH][nH]c1=O)c1c[nH]c2ccccc12. The van der Waals surface area contributed by atoms with Gasteiger partial charge in [-0.15, -0.1) is 0 Å². The number of aromatic nitrogens is 3. The fourth-order valence-electron chi connectivity index (χ4n) is 3.55. The smallest absolute Gasteiger partial charge is 0.267 e. The zero-order valence-electron chi connectivity index (χ0n) is 13.3. The minimum Gasteiger partial charge on any atom is -0.361 e. The van der Waals surface area contributed by atoms with Gasteiger partial charge in [-0.2, -0.15) is 5.10 Å². The summed E-state index contributed by atoms with van der Waals surface area (Å²) < 4.78 is 0. The molecule has 7 heteroatoms. The first-order valence-corrected chi connectivity index (χ1v) is 7.75. The lowest BCUT2D eigenvalue weighted by atomic mass is 9.78. The minimum absolute atomic E-state index is 0.192. The van der Waals surface area contributed by atoms with Gasteiger partial charge in [-0.3, -0.25) is 14.7 Å². The standard InChI is InChI=1S/C17H17N5O2/c1-8-13(16(23)21-19-8)15(14-9(2)20-22-17(14)24)11-7-18-12-6-4-3-5-10(11)12/h3-7,13,15,18H,1-2H3,(H,21,23)(H2,20,22,24)/t13-,15+/m1/s1. The summed E-state index contributed by atoms with van der Waals surface area (Å²) in [6.45, 7) is 3.63. The van der Waals surface area contributed by atoms with Gasteiger partial charge >= 0.3 is 0 Å². The lowest BCUT2D eigenvalue weighted by Crippen LogP contribution is -2.31. The van der Waals surface area contributed by atoms with Crippen molar-refractivity contribution in [2.75, 3.05) is 0 Å². The molecule has 2 aromatic heterocycles. The van der Waals surface area contributed by atoms with Crippen LogP contribution in [0, 0.1) is 12.8 Å². The van der Waals surface area contributed by atoms with E-state index in [0.717, 1.165) is 22.2 Å². The van der Waals surface area contributed by atoms with E-state index in [0.29, 0.717) is 11.3 Å². The van der Waals surface area contributed by atoms with Crippen LogP contribution in [-0.4, -0.2) is 26.8 Å². The fourth-order valence-corrected chi connectivity index (χ4v) is 3.55. The minimum atomic E-state index is -0.514. The van der Waals surface area contributed by atoms with Crippen LogP contribution in [-0.2, 0) is 4.79 Å². The molecule has 2 atom stereocenters. The Morgan fingerprint density at radius 1 is 1.12 bits per heavy atom. The van der Waals surface area contributed by atoms with Crippen molar-refractivity contribution in [2.45, 2.75) is 19.8 Å². The summed E-state index contributed by atoms with van der Waals surface area (Å²) in [5, 5.41) is 10.5. The Labute approximate surface area is 137 Å². The molecule has 1 aromatic carbocycles. The van der Waals surface area contributed by atoms with Crippen LogP contribution in [0.25, 0.3) is 10.9 Å². The Balaban J connectivity index is 1.99. The molecule has 1 aliphatic rings. The third-order valence-electron chi connectivity index (χ3n) is 4.69. The average molecular weight is 323 g/mol. The Morgan fingerprint density at radius 2 is 1.92 bits per heavy atom. The van der Waals surface area contributed by atoms with Crippen molar-refractivity contribution >= 4 is 22.5 Å². The number of hydrazone groups is 1. The molecule has 0 fully saturated rings. The number of hydrogen-bond donors (Lipinski definition) is 4. The number of aryl methyl sites for hydroxylation is 1. The Bertz CT molecular complexity index is 1020. The number of hydrogen-bond acceptors (Lipinski definition) is 3. The van der Waals surface area contributed by atoms with E-state index in [1.54, 1.807) is 6.92 Å². The molecule has 0 bridgehead atoms. The maximum atomic E-state index is 12.4. The predicted octanol–water partition coefficient (Wildman–Crippen LogP) is 1.75. The van der Waals surface area contributed by atoms with Crippen LogP contribution in [0.4, 0.5) is 0 Å². The zero-order valence-corrected chi connectivity index (χ0v) is 13.3. The molecule has 3 aromatic rings. The van der Waals surface area contributed by atoms with Gasteiger partial charge in [0.15, 0.2) is 0 Å². The highest BCUT2D eigenvalue weighted by molar-refractivity contribution is 6.08. The summed E-state index contributed by atoms with van der Waals surface area (Å²) in [7, 11) is 0. The van der Waals surface area contributed by atoms with Gasteiger partial charge in [0.2, 0.25) is 5.91 Å². The molecule has 0 saturated heterocycles. The number of fused-ring (bicyclic) bond motifs is 1. The van der Waals surface area contributed by atoms with Crippen LogP contribution in [0.15, 0.2) is 40.4 Å². The van der Waals surface area contributed by atoms with Crippen LogP contribution < -0.4 is 11.0 Å². The molecule has 4 N–H and O–H groups in total. The second-order valence-electron chi connectivity index (χ2n) is 6.09. The number of nitrogens with zero attached hydrogens (tertiary/aromatic N) is 1. The topological polar surface area (TPSA) is 106 Å². The van der Waals surface area contributed by atoms with Gasteiger partial charge in [0.1, 0.15) is 0 Å². The maximum Gasteiger partial charge on any atom is 0.267 e. The number of H-pyrrole nitrogens is 3. The molecule has 24 heavy (non-hydrogen) atoms. The molecule has 122 valence electrons. The molecule has 1 amide bonds. The van der Waals surface area contributed by atoms with Crippen molar-refractivity contribution in [3.05, 3.63) is 57.6 Å². The summed E-state index contributed by atoms with van der Waals surface area (Å²) in [6, 6.07) is 7.85. The lowest BCUT2D eigenvalue weighted by Gasteiger charge is -2.21. The summed E-state index contributed by atoms with van der Waals surface area (Å²) in [5.74, 6) is -1.12. The molecular weight excluding hydrogens is 306 g/mol. The first-order chi connectivity index (χ1) is 11.6. The van der Waals surface area contributed by atoms with E-state index < -0.39 is 11.8 Å². The molecule has 7 nitrogen and oxygen atoms in total. The second-order valence-corrected chi connectivity index (χ2v) is 6.09. The Hall–Kier alpha value is -3.09. The van der Waals surface area contributed by atoms with Crippen LogP contribution in [0.5, 0.6) is 0 Å².